The summed E-state index contributed by atoms with van der Waals surface area (Å²) in [4.78, 5) is 0. The Hall–Kier alpha value is -0.730. The molecular weight excluding hydrogens is 246 g/mol. The third-order valence-corrected chi connectivity index (χ3v) is 3.94. The molecule has 1 atom stereocenters. The van der Waals surface area contributed by atoms with Gasteiger partial charge >= 0.3 is 0 Å². The Morgan fingerprint density at radius 2 is 2.22 bits per heavy atom. The van der Waals surface area contributed by atoms with Gasteiger partial charge in [0.25, 0.3) is 0 Å². The second-order valence-electron chi connectivity index (χ2n) is 4.97. The summed E-state index contributed by atoms with van der Waals surface area (Å²) in [6.45, 7) is 3.28. The Kier molecular flexibility index (Phi) is 4.90. The van der Waals surface area contributed by atoms with Crippen molar-refractivity contribution in [3.05, 3.63) is 28.3 Å². The van der Waals surface area contributed by atoms with Gasteiger partial charge < -0.3 is 10.1 Å². The number of hydrogen-bond donors (Lipinski definition) is 1. The molecule has 0 aromatic heterocycles. The largest absolute Gasteiger partial charge is 0.495 e. The summed E-state index contributed by atoms with van der Waals surface area (Å²) in [5.41, 5.74) is 2.52. The third-order valence-electron chi connectivity index (χ3n) is 3.66. The molecule has 1 fully saturated rings. The molecule has 1 saturated heterocycles. The lowest BCUT2D eigenvalue weighted by Gasteiger charge is -2.24. The van der Waals surface area contributed by atoms with Crippen LogP contribution < -0.4 is 10.1 Å². The van der Waals surface area contributed by atoms with Crippen molar-refractivity contribution in [2.45, 2.75) is 45.1 Å². The fraction of sp³-hybridized carbons (Fsp3) is 0.600. The molecule has 2 nitrogen and oxygen atoms in total. The zero-order valence-corrected chi connectivity index (χ0v) is 12.0. The number of rotatable bonds is 4. The SMILES string of the molecule is CCc1cc(CC2CCCCN2)cc(Cl)c1OC. The molecule has 18 heavy (non-hydrogen) atoms. The lowest BCUT2D eigenvalue weighted by atomic mass is 9.96. The topological polar surface area (TPSA) is 21.3 Å². The van der Waals surface area contributed by atoms with E-state index in [9.17, 15) is 0 Å². The molecule has 0 bridgehead atoms. The van der Waals surface area contributed by atoms with Gasteiger partial charge in [-0.2, -0.15) is 0 Å². The van der Waals surface area contributed by atoms with Gasteiger partial charge in [0.2, 0.25) is 0 Å². The van der Waals surface area contributed by atoms with Gasteiger partial charge in [-0.3, -0.25) is 0 Å². The van der Waals surface area contributed by atoms with E-state index in [1.54, 1.807) is 7.11 Å². The van der Waals surface area contributed by atoms with Crippen LogP contribution in [-0.2, 0) is 12.8 Å². The van der Waals surface area contributed by atoms with Crippen LogP contribution in [-0.4, -0.2) is 19.7 Å². The Balaban J connectivity index is 2.15. The van der Waals surface area contributed by atoms with Crippen LogP contribution in [0.2, 0.25) is 5.02 Å². The molecule has 0 spiro atoms. The molecule has 1 unspecified atom stereocenters. The van der Waals surface area contributed by atoms with Crippen LogP contribution >= 0.6 is 11.6 Å². The van der Waals surface area contributed by atoms with E-state index in [0.717, 1.165) is 30.2 Å². The lowest BCUT2D eigenvalue weighted by Crippen LogP contribution is -2.35. The van der Waals surface area contributed by atoms with Crippen LogP contribution in [0, 0.1) is 0 Å². The van der Waals surface area contributed by atoms with E-state index >= 15 is 0 Å². The predicted octanol–water partition coefficient (Wildman–Crippen LogP) is 3.60. The molecule has 0 aliphatic carbocycles. The average Bonchev–Trinajstić information content (AvgIpc) is 2.39. The highest BCUT2D eigenvalue weighted by molar-refractivity contribution is 6.32. The van der Waals surface area contributed by atoms with Crippen LogP contribution in [0.1, 0.15) is 37.3 Å². The van der Waals surface area contributed by atoms with Gasteiger partial charge in [0.15, 0.2) is 0 Å². The standard InChI is InChI=1S/C15H22ClNO/c1-3-12-8-11(10-14(16)15(12)18-2)9-13-6-4-5-7-17-13/h8,10,13,17H,3-7,9H2,1-2H3. The summed E-state index contributed by atoms with van der Waals surface area (Å²) >= 11 is 6.29. The zero-order chi connectivity index (χ0) is 13.0. The van der Waals surface area contributed by atoms with Crippen LogP contribution in [0.15, 0.2) is 12.1 Å². The van der Waals surface area contributed by atoms with Gasteiger partial charge in [-0.05, 0) is 49.4 Å². The average molecular weight is 268 g/mol. The Morgan fingerprint density at radius 1 is 1.39 bits per heavy atom. The predicted molar refractivity (Wildman–Crippen MR) is 76.7 cm³/mol. The molecule has 0 amide bonds. The van der Waals surface area contributed by atoms with E-state index in [0.29, 0.717) is 6.04 Å². The molecule has 1 N–H and O–H groups in total. The summed E-state index contributed by atoms with van der Waals surface area (Å²) in [7, 11) is 1.68. The normalized spacial score (nSPS) is 19.8. The molecule has 1 aliphatic rings. The van der Waals surface area contributed by atoms with Crippen molar-refractivity contribution in [1.82, 2.24) is 5.32 Å². The highest BCUT2D eigenvalue weighted by Gasteiger charge is 2.15. The summed E-state index contributed by atoms with van der Waals surface area (Å²) in [5, 5.41) is 4.32. The fourth-order valence-corrected chi connectivity index (χ4v) is 3.04. The number of halogens is 1. The molecule has 1 aliphatic heterocycles. The van der Waals surface area contributed by atoms with Crippen molar-refractivity contribution in [1.29, 1.82) is 0 Å². The number of piperidine rings is 1. The van der Waals surface area contributed by atoms with Crippen LogP contribution in [0.5, 0.6) is 5.75 Å². The smallest absolute Gasteiger partial charge is 0.140 e. The van der Waals surface area contributed by atoms with E-state index in [1.807, 2.05) is 0 Å². The minimum absolute atomic E-state index is 0.605. The lowest BCUT2D eigenvalue weighted by molar-refractivity contribution is 0.397. The summed E-state index contributed by atoms with van der Waals surface area (Å²) in [6.07, 6.45) is 5.93. The first-order valence-electron chi connectivity index (χ1n) is 6.83. The maximum Gasteiger partial charge on any atom is 0.140 e. The second-order valence-corrected chi connectivity index (χ2v) is 5.38. The van der Waals surface area contributed by atoms with Gasteiger partial charge in [-0.25, -0.2) is 0 Å². The highest BCUT2D eigenvalue weighted by atomic mass is 35.5. The molecule has 0 radical (unpaired) electrons. The fourth-order valence-electron chi connectivity index (χ4n) is 2.70. The van der Waals surface area contributed by atoms with Gasteiger partial charge in [0, 0.05) is 6.04 Å². The van der Waals surface area contributed by atoms with Crippen LogP contribution in [0.3, 0.4) is 0 Å². The van der Waals surface area contributed by atoms with E-state index in [2.05, 4.69) is 24.4 Å². The molecule has 0 saturated carbocycles. The molecule has 100 valence electrons. The van der Waals surface area contributed by atoms with Crippen molar-refractivity contribution >= 4 is 11.6 Å². The van der Waals surface area contributed by atoms with Gasteiger partial charge in [-0.15, -0.1) is 0 Å². The van der Waals surface area contributed by atoms with E-state index in [1.165, 1.54) is 30.4 Å². The molecule has 1 aromatic carbocycles. The maximum absolute atomic E-state index is 6.29. The van der Waals surface area contributed by atoms with Crippen molar-refractivity contribution < 1.29 is 4.74 Å². The first-order chi connectivity index (χ1) is 8.74. The molecule has 3 heteroatoms. The summed E-state index contributed by atoms with van der Waals surface area (Å²) in [5.74, 6) is 0.833. The Morgan fingerprint density at radius 3 is 2.83 bits per heavy atom. The first kappa shape index (κ1) is 13.7. The molecule has 2 rings (SSSR count). The minimum atomic E-state index is 0.605. The van der Waals surface area contributed by atoms with E-state index in [-0.39, 0.29) is 0 Å². The quantitative estimate of drug-likeness (QED) is 0.900. The van der Waals surface area contributed by atoms with Crippen molar-refractivity contribution in [2.24, 2.45) is 0 Å². The number of methoxy groups -OCH3 is 1. The summed E-state index contributed by atoms with van der Waals surface area (Å²) < 4.78 is 5.36. The Bertz CT molecular complexity index is 400. The first-order valence-corrected chi connectivity index (χ1v) is 7.21. The number of hydrogen-bond acceptors (Lipinski definition) is 2. The number of ether oxygens (including phenoxy) is 1. The van der Waals surface area contributed by atoms with Crippen molar-refractivity contribution in [3.8, 4) is 5.75 Å². The molecule has 1 heterocycles. The van der Waals surface area contributed by atoms with Crippen molar-refractivity contribution in [3.63, 3.8) is 0 Å². The maximum atomic E-state index is 6.29. The zero-order valence-electron chi connectivity index (χ0n) is 11.3. The number of nitrogens with one attached hydrogen (secondary N) is 1. The second kappa shape index (κ2) is 6.44. The van der Waals surface area contributed by atoms with E-state index < -0.39 is 0 Å². The Labute approximate surface area is 115 Å². The van der Waals surface area contributed by atoms with E-state index in [4.69, 9.17) is 16.3 Å². The number of benzene rings is 1. The van der Waals surface area contributed by atoms with Crippen LogP contribution in [0.25, 0.3) is 0 Å². The van der Waals surface area contributed by atoms with Gasteiger partial charge in [-0.1, -0.05) is 31.0 Å². The summed E-state index contributed by atoms with van der Waals surface area (Å²) in [6, 6.07) is 4.89. The van der Waals surface area contributed by atoms with Crippen molar-refractivity contribution in [2.75, 3.05) is 13.7 Å². The van der Waals surface area contributed by atoms with Gasteiger partial charge in [0.1, 0.15) is 5.75 Å². The molecule has 1 aromatic rings. The highest BCUT2D eigenvalue weighted by Crippen LogP contribution is 2.31. The monoisotopic (exact) mass is 267 g/mol. The minimum Gasteiger partial charge on any atom is -0.495 e. The number of aryl methyl sites for hydroxylation is 1. The van der Waals surface area contributed by atoms with Crippen LogP contribution in [0.4, 0.5) is 0 Å². The third kappa shape index (κ3) is 3.18. The van der Waals surface area contributed by atoms with Gasteiger partial charge in [0.05, 0.1) is 12.1 Å². The molecular formula is C15H22ClNO.